The molecule has 0 aliphatic heterocycles. The Bertz CT molecular complexity index is 883. The third-order valence-corrected chi connectivity index (χ3v) is 4.61. The van der Waals surface area contributed by atoms with E-state index in [-0.39, 0.29) is 12.3 Å². The molecule has 8 heteroatoms. The number of ether oxygens (including phenoxy) is 1. The molecule has 0 aromatic heterocycles. The summed E-state index contributed by atoms with van der Waals surface area (Å²) in [5.74, 6) is 0.188. The SMILES string of the molecule is COc1ccc(C)cc1NC(=O)C[C@@H](NS(C)(=O)=O)c1ccc(Cl)cc1. The number of aryl methyl sites for hydroxylation is 1. The van der Waals surface area contributed by atoms with Gasteiger partial charge in [0, 0.05) is 11.4 Å². The zero-order valence-electron chi connectivity index (χ0n) is 14.7. The number of anilines is 1. The Morgan fingerprint density at radius 3 is 2.42 bits per heavy atom. The summed E-state index contributed by atoms with van der Waals surface area (Å²) >= 11 is 5.88. The van der Waals surface area contributed by atoms with Gasteiger partial charge in [0.05, 0.1) is 25.1 Å². The number of methoxy groups -OCH3 is 1. The van der Waals surface area contributed by atoms with E-state index in [9.17, 15) is 13.2 Å². The molecule has 2 N–H and O–H groups in total. The average molecular weight is 397 g/mol. The van der Waals surface area contributed by atoms with Crippen LogP contribution in [-0.4, -0.2) is 27.7 Å². The summed E-state index contributed by atoms with van der Waals surface area (Å²) in [5, 5.41) is 3.30. The molecule has 26 heavy (non-hydrogen) atoms. The molecule has 0 saturated heterocycles. The molecule has 0 bridgehead atoms. The lowest BCUT2D eigenvalue weighted by molar-refractivity contribution is -0.116. The zero-order chi connectivity index (χ0) is 19.3. The monoisotopic (exact) mass is 396 g/mol. The van der Waals surface area contributed by atoms with Crippen molar-refractivity contribution in [2.24, 2.45) is 0 Å². The van der Waals surface area contributed by atoms with Gasteiger partial charge in [-0.2, -0.15) is 0 Å². The summed E-state index contributed by atoms with van der Waals surface area (Å²) in [4.78, 5) is 12.5. The van der Waals surface area contributed by atoms with Gasteiger partial charge in [0.25, 0.3) is 0 Å². The van der Waals surface area contributed by atoms with Crippen molar-refractivity contribution in [3.63, 3.8) is 0 Å². The van der Waals surface area contributed by atoms with Gasteiger partial charge in [-0.1, -0.05) is 29.8 Å². The highest BCUT2D eigenvalue weighted by molar-refractivity contribution is 7.88. The summed E-state index contributed by atoms with van der Waals surface area (Å²) < 4.78 is 31.1. The number of hydrogen-bond acceptors (Lipinski definition) is 4. The van der Waals surface area contributed by atoms with Crippen molar-refractivity contribution >= 4 is 33.2 Å². The van der Waals surface area contributed by atoms with Crippen LogP contribution in [0.4, 0.5) is 5.69 Å². The number of carbonyl (C=O) groups is 1. The predicted molar refractivity (Wildman–Crippen MR) is 103 cm³/mol. The van der Waals surface area contributed by atoms with Gasteiger partial charge in [-0.15, -0.1) is 0 Å². The number of halogens is 1. The second-order valence-electron chi connectivity index (χ2n) is 5.95. The van der Waals surface area contributed by atoms with Gasteiger partial charge in [-0.25, -0.2) is 13.1 Å². The lowest BCUT2D eigenvalue weighted by Gasteiger charge is -2.18. The van der Waals surface area contributed by atoms with E-state index in [2.05, 4.69) is 10.0 Å². The number of amides is 1. The molecule has 1 atom stereocenters. The third kappa shape index (κ3) is 6.01. The van der Waals surface area contributed by atoms with E-state index in [1.807, 2.05) is 13.0 Å². The number of rotatable bonds is 7. The molecule has 0 heterocycles. The highest BCUT2D eigenvalue weighted by Gasteiger charge is 2.20. The summed E-state index contributed by atoms with van der Waals surface area (Å²) in [6, 6.07) is 11.4. The van der Waals surface area contributed by atoms with Crippen molar-refractivity contribution in [3.05, 3.63) is 58.6 Å². The van der Waals surface area contributed by atoms with Gasteiger partial charge in [0.2, 0.25) is 15.9 Å². The number of sulfonamides is 1. The van der Waals surface area contributed by atoms with Gasteiger partial charge < -0.3 is 10.1 Å². The first kappa shape index (κ1) is 20.2. The first-order chi connectivity index (χ1) is 12.2. The highest BCUT2D eigenvalue weighted by atomic mass is 35.5. The van der Waals surface area contributed by atoms with Crippen molar-refractivity contribution < 1.29 is 17.9 Å². The Labute approximate surface area is 158 Å². The molecule has 0 unspecified atom stereocenters. The van der Waals surface area contributed by atoms with Crippen molar-refractivity contribution in [2.45, 2.75) is 19.4 Å². The summed E-state index contributed by atoms with van der Waals surface area (Å²) in [7, 11) is -1.99. The quantitative estimate of drug-likeness (QED) is 0.752. The minimum Gasteiger partial charge on any atom is -0.495 e. The van der Waals surface area contributed by atoms with E-state index >= 15 is 0 Å². The Morgan fingerprint density at radius 2 is 1.85 bits per heavy atom. The maximum atomic E-state index is 12.5. The van der Waals surface area contributed by atoms with E-state index in [4.69, 9.17) is 16.3 Å². The molecule has 0 spiro atoms. The standard InChI is InChI=1S/C18H21ClN2O4S/c1-12-4-9-17(25-2)16(10-12)20-18(22)11-15(21-26(3,23)24)13-5-7-14(19)8-6-13/h4-10,15,21H,11H2,1-3H3,(H,20,22)/t15-/m1/s1. The molecule has 2 rings (SSSR count). The maximum absolute atomic E-state index is 12.5. The van der Waals surface area contributed by atoms with Crippen LogP contribution in [0.5, 0.6) is 5.75 Å². The van der Waals surface area contributed by atoms with Crippen LogP contribution < -0.4 is 14.8 Å². The Balaban J connectivity index is 2.21. The van der Waals surface area contributed by atoms with Crippen LogP contribution in [0.2, 0.25) is 5.02 Å². The summed E-state index contributed by atoms with van der Waals surface area (Å²) in [6.07, 6.45) is 0.975. The number of nitrogens with one attached hydrogen (secondary N) is 2. The molecular formula is C18H21ClN2O4S. The third-order valence-electron chi connectivity index (χ3n) is 3.65. The smallest absolute Gasteiger partial charge is 0.226 e. The lowest BCUT2D eigenvalue weighted by atomic mass is 10.0. The maximum Gasteiger partial charge on any atom is 0.226 e. The highest BCUT2D eigenvalue weighted by Crippen LogP contribution is 2.27. The van der Waals surface area contributed by atoms with Gasteiger partial charge in [-0.3, -0.25) is 4.79 Å². The topological polar surface area (TPSA) is 84.5 Å². The van der Waals surface area contributed by atoms with E-state index in [0.29, 0.717) is 22.0 Å². The predicted octanol–water partition coefficient (Wildman–Crippen LogP) is 3.28. The molecule has 1 amide bonds. The molecule has 0 fully saturated rings. The van der Waals surface area contributed by atoms with Crippen LogP contribution in [0.15, 0.2) is 42.5 Å². The molecule has 0 radical (unpaired) electrons. The number of carbonyl (C=O) groups excluding carboxylic acids is 1. The first-order valence-electron chi connectivity index (χ1n) is 7.85. The molecule has 0 saturated carbocycles. The van der Waals surface area contributed by atoms with Crippen LogP contribution in [0.25, 0.3) is 0 Å². The number of benzene rings is 2. The Morgan fingerprint density at radius 1 is 1.19 bits per heavy atom. The molecule has 0 aliphatic carbocycles. The van der Waals surface area contributed by atoms with Crippen LogP contribution in [-0.2, 0) is 14.8 Å². The van der Waals surface area contributed by atoms with Crippen molar-refractivity contribution in [2.75, 3.05) is 18.7 Å². The minimum atomic E-state index is -3.51. The first-order valence-corrected chi connectivity index (χ1v) is 10.1. The van der Waals surface area contributed by atoms with Gasteiger partial charge in [0.1, 0.15) is 5.75 Å². The van der Waals surface area contributed by atoms with Crippen LogP contribution in [0.3, 0.4) is 0 Å². The van der Waals surface area contributed by atoms with E-state index in [1.54, 1.807) is 36.4 Å². The second kappa shape index (κ2) is 8.53. The lowest BCUT2D eigenvalue weighted by Crippen LogP contribution is -2.30. The van der Waals surface area contributed by atoms with Crippen molar-refractivity contribution in [3.8, 4) is 5.75 Å². The van der Waals surface area contributed by atoms with Crippen molar-refractivity contribution in [1.29, 1.82) is 0 Å². The molecular weight excluding hydrogens is 376 g/mol. The fourth-order valence-corrected chi connectivity index (χ4v) is 3.35. The van der Waals surface area contributed by atoms with Crippen LogP contribution in [0, 0.1) is 6.92 Å². The molecule has 2 aromatic carbocycles. The summed E-state index contributed by atoms with van der Waals surface area (Å²) in [6.45, 7) is 1.90. The van der Waals surface area contributed by atoms with E-state index in [1.165, 1.54) is 7.11 Å². The average Bonchev–Trinajstić information content (AvgIpc) is 2.54. The molecule has 140 valence electrons. The molecule has 2 aromatic rings. The summed E-state index contributed by atoms with van der Waals surface area (Å²) in [5.41, 5.74) is 2.14. The Kier molecular flexibility index (Phi) is 6.63. The largest absolute Gasteiger partial charge is 0.495 e. The second-order valence-corrected chi connectivity index (χ2v) is 8.17. The van der Waals surface area contributed by atoms with E-state index in [0.717, 1.165) is 11.8 Å². The van der Waals surface area contributed by atoms with Gasteiger partial charge in [-0.05, 0) is 42.3 Å². The normalized spacial score (nSPS) is 12.5. The molecule has 0 aliphatic rings. The van der Waals surface area contributed by atoms with Gasteiger partial charge >= 0.3 is 0 Å². The Hall–Kier alpha value is -2.09. The zero-order valence-corrected chi connectivity index (χ0v) is 16.3. The van der Waals surface area contributed by atoms with Crippen LogP contribution >= 0.6 is 11.6 Å². The minimum absolute atomic E-state index is 0.0776. The molecule has 6 nitrogen and oxygen atoms in total. The van der Waals surface area contributed by atoms with Crippen LogP contribution in [0.1, 0.15) is 23.6 Å². The van der Waals surface area contributed by atoms with E-state index < -0.39 is 16.1 Å². The van der Waals surface area contributed by atoms with Gasteiger partial charge in [0.15, 0.2) is 0 Å². The number of hydrogen-bond donors (Lipinski definition) is 2. The fourth-order valence-electron chi connectivity index (χ4n) is 2.49. The van der Waals surface area contributed by atoms with Crippen molar-refractivity contribution in [1.82, 2.24) is 4.72 Å². The fraction of sp³-hybridized carbons (Fsp3) is 0.278.